The molecule has 0 spiro atoms. The molecule has 35 heavy (non-hydrogen) atoms. The predicted octanol–water partition coefficient (Wildman–Crippen LogP) is 4.05. The number of carbonyl (C=O) groups is 1. The molecule has 8 nitrogen and oxygen atoms in total. The number of methoxy groups -OCH3 is 2. The van der Waals surface area contributed by atoms with E-state index in [-0.39, 0.29) is 30.2 Å². The standard InChI is InChI=1S/C24H22F3N5O3/c1-30-11-16(9-29-30)14-4-5-32-18(10-28-21(32)8-14)15-6-19(34-2)22(20(7-15)35-3)23(33)31-12-17(13-31)24(25,26)27/h4-11,17H,12-13H2,1-3H3. The number of aromatic nitrogens is 4. The van der Waals surface area contributed by atoms with E-state index in [0.29, 0.717) is 11.2 Å². The molecule has 182 valence electrons. The number of fused-ring (bicyclic) bond motifs is 1. The molecule has 1 saturated heterocycles. The second-order valence-electron chi connectivity index (χ2n) is 8.39. The molecule has 0 bridgehead atoms. The van der Waals surface area contributed by atoms with Gasteiger partial charge in [0, 0.05) is 43.7 Å². The van der Waals surface area contributed by atoms with Gasteiger partial charge in [-0.3, -0.25) is 13.9 Å². The molecular formula is C24H22F3N5O3. The molecule has 1 aliphatic rings. The third kappa shape index (κ3) is 3.96. The van der Waals surface area contributed by atoms with Gasteiger partial charge in [0.05, 0.1) is 38.2 Å². The Balaban J connectivity index is 1.50. The Hall–Kier alpha value is -4.02. The summed E-state index contributed by atoms with van der Waals surface area (Å²) in [5.41, 5.74) is 4.13. The van der Waals surface area contributed by atoms with E-state index in [1.165, 1.54) is 14.2 Å². The third-order valence-corrected chi connectivity index (χ3v) is 6.20. The summed E-state index contributed by atoms with van der Waals surface area (Å²) in [4.78, 5) is 18.7. The number of benzene rings is 1. The summed E-state index contributed by atoms with van der Waals surface area (Å²) in [5.74, 6) is -1.66. The molecule has 3 aromatic heterocycles. The van der Waals surface area contributed by atoms with E-state index in [0.717, 1.165) is 21.7 Å². The minimum Gasteiger partial charge on any atom is -0.496 e. The maximum Gasteiger partial charge on any atom is 0.395 e. The molecular weight excluding hydrogens is 463 g/mol. The molecule has 4 aromatic rings. The minimum absolute atomic E-state index is 0.0899. The van der Waals surface area contributed by atoms with Crippen LogP contribution < -0.4 is 9.47 Å². The molecule has 0 saturated carbocycles. The Bertz CT molecular complexity index is 1390. The number of hydrogen-bond acceptors (Lipinski definition) is 5. The van der Waals surface area contributed by atoms with Crippen LogP contribution in [0.1, 0.15) is 10.4 Å². The van der Waals surface area contributed by atoms with E-state index in [1.54, 1.807) is 29.2 Å². The lowest BCUT2D eigenvalue weighted by molar-refractivity contribution is -0.202. The van der Waals surface area contributed by atoms with Crippen molar-refractivity contribution >= 4 is 11.6 Å². The first kappa shape index (κ1) is 22.8. The maximum atomic E-state index is 13.0. The summed E-state index contributed by atoms with van der Waals surface area (Å²) in [6.45, 7) is -0.772. The molecule has 11 heteroatoms. The zero-order valence-electron chi connectivity index (χ0n) is 19.2. The van der Waals surface area contributed by atoms with E-state index in [9.17, 15) is 18.0 Å². The molecule has 0 aliphatic carbocycles. The average molecular weight is 485 g/mol. The van der Waals surface area contributed by atoms with Gasteiger partial charge in [0.2, 0.25) is 0 Å². The highest BCUT2D eigenvalue weighted by Crippen LogP contribution is 2.39. The summed E-state index contributed by atoms with van der Waals surface area (Å²) in [7, 11) is 4.65. The van der Waals surface area contributed by atoms with E-state index in [2.05, 4.69) is 10.1 Å². The number of rotatable bonds is 5. The minimum atomic E-state index is -4.32. The van der Waals surface area contributed by atoms with Crippen molar-refractivity contribution in [3.8, 4) is 33.9 Å². The van der Waals surface area contributed by atoms with Crippen molar-refractivity contribution in [2.24, 2.45) is 13.0 Å². The van der Waals surface area contributed by atoms with E-state index >= 15 is 0 Å². The summed E-state index contributed by atoms with van der Waals surface area (Å²) in [6.07, 6.45) is 2.94. The van der Waals surface area contributed by atoms with Crippen LogP contribution >= 0.6 is 0 Å². The Morgan fingerprint density at radius 1 is 1.03 bits per heavy atom. The topological polar surface area (TPSA) is 73.9 Å². The van der Waals surface area contributed by atoms with Crippen LogP contribution in [0.2, 0.25) is 0 Å². The molecule has 0 unspecified atom stereocenters. The average Bonchev–Trinajstić information content (AvgIpc) is 3.41. The normalized spacial score (nSPS) is 14.3. The van der Waals surface area contributed by atoms with Crippen molar-refractivity contribution in [2.75, 3.05) is 27.3 Å². The fourth-order valence-electron chi connectivity index (χ4n) is 4.22. The first-order chi connectivity index (χ1) is 16.7. The number of carbonyl (C=O) groups excluding carboxylic acids is 1. The highest BCUT2D eigenvalue weighted by atomic mass is 19.4. The number of aryl methyl sites for hydroxylation is 1. The van der Waals surface area contributed by atoms with Crippen molar-refractivity contribution in [2.45, 2.75) is 6.18 Å². The maximum absolute atomic E-state index is 13.0. The van der Waals surface area contributed by atoms with Gasteiger partial charge in [-0.05, 0) is 29.8 Å². The number of ether oxygens (including phenoxy) is 2. The number of pyridine rings is 1. The van der Waals surface area contributed by atoms with Gasteiger partial charge in [0.15, 0.2) is 0 Å². The summed E-state index contributed by atoms with van der Waals surface area (Å²) in [5, 5.41) is 4.20. The Morgan fingerprint density at radius 3 is 2.29 bits per heavy atom. The van der Waals surface area contributed by atoms with Crippen LogP contribution in [0.25, 0.3) is 28.0 Å². The summed E-state index contributed by atoms with van der Waals surface area (Å²) in [6, 6.07) is 7.21. The predicted molar refractivity (Wildman–Crippen MR) is 121 cm³/mol. The lowest BCUT2D eigenvalue weighted by atomic mass is 9.97. The fraction of sp³-hybridized carbons (Fsp3) is 0.292. The van der Waals surface area contributed by atoms with Crippen LogP contribution in [-0.4, -0.2) is 63.5 Å². The van der Waals surface area contributed by atoms with Gasteiger partial charge < -0.3 is 14.4 Å². The molecule has 1 aliphatic heterocycles. The van der Waals surface area contributed by atoms with Crippen LogP contribution in [0.3, 0.4) is 0 Å². The van der Waals surface area contributed by atoms with Crippen molar-refractivity contribution < 1.29 is 27.4 Å². The highest BCUT2D eigenvalue weighted by molar-refractivity contribution is 6.01. The highest BCUT2D eigenvalue weighted by Gasteiger charge is 2.49. The SMILES string of the molecule is COc1cc(-c2cnc3cc(-c4cnn(C)c4)ccn23)cc(OC)c1C(=O)N1CC(C(F)(F)F)C1. The zero-order valence-corrected chi connectivity index (χ0v) is 19.2. The molecule has 0 atom stereocenters. The van der Waals surface area contributed by atoms with Crippen molar-refractivity contribution in [1.29, 1.82) is 0 Å². The van der Waals surface area contributed by atoms with Gasteiger partial charge in [0.1, 0.15) is 22.7 Å². The van der Waals surface area contributed by atoms with Gasteiger partial charge in [-0.25, -0.2) is 4.98 Å². The van der Waals surface area contributed by atoms with Crippen molar-refractivity contribution in [3.05, 3.63) is 54.6 Å². The Morgan fingerprint density at radius 2 is 1.71 bits per heavy atom. The van der Waals surface area contributed by atoms with Crippen molar-refractivity contribution in [1.82, 2.24) is 24.1 Å². The van der Waals surface area contributed by atoms with E-state index in [4.69, 9.17) is 9.47 Å². The molecule has 0 radical (unpaired) electrons. The van der Waals surface area contributed by atoms with Crippen molar-refractivity contribution in [3.63, 3.8) is 0 Å². The lowest BCUT2D eigenvalue weighted by Gasteiger charge is -2.40. The van der Waals surface area contributed by atoms with Crippen LogP contribution in [0, 0.1) is 5.92 Å². The number of imidazole rings is 1. The van der Waals surface area contributed by atoms with Crippen LogP contribution in [0.5, 0.6) is 11.5 Å². The third-order valence-electron chi connectivity index (χ3n) is 6.20. The second kappa shape index (κ2) is 8.33. The van der Waals surface area contributed by atoms with E-state index < -0.39 is 18.0 Å². The molecule has 1 aromatic carbocycles. The molecule has 5 rings (SSSR count). The summed E-state index contributed by atoms with van der Waals surface area (Å²) < 4.78 is 53.2. The molecule has 1 amide bonds. The molecule has 4 heterocycles. The van der Waals surface area contributed by atoms with Gasteiger partial charge >= 0.3 is 6.18 Å². The van der Waals surface area contributed by atoms with Gasteiger partial charge in [0.25, 0.3) is 5.91 Å². The van der Waals surface area contributed by atoms with E-state index in [1.807, 2.05) is 36.0 Å². The quantitative estimate of drug-likeness (QED) is 0.427. The number of nitrogens with zero attached hydrogens (tertiary/aromatic N) is 5. The first-order valence-corrected chi connectivity index (χ1v) is 10.8. The van der Waals surface area contributed by atoms with Gasteiger partial charge in [-0.1, -0.05) is 0 Å². The van der Waals surface area contributed by atoms with Crippen LogP contribution in [-0.2, 0) is 7.05 Å². The monoisotopic (exact) mass is 485 g/mol. The number of hydrogen-bond donors (Lipinski definition) is 0. The fourth-order valence-corrected chi connectivity index (χ4v) is 4.22. The number of amides is 1. The second-order valence-corrected chi connectivity index (χ2v) is 8.39. The Kier molecular flexibility index (Phi) is 5.42. The number of likely N-dealkylation sites (tertiary alicyclic amines) is 1. The lowest BCUT2D eigenvalue weighted by Crippen LogP contribution is -2.55. The Labute approximate surface area is 198 Å². The molecule has 0 N–H and O–H groups in total. The largest absolute Gasteiger partial charge is 0.496 e. The van der Waals surface area contributed by atoms with Gasteiger partial charge in [-0.15, -0.1) is 0 Å². The number of halogens is 3. The summed E-state index contributed by atoms with van der Waals surface area (Å²) >= 11 is 0. The van der Waals surface area contributed by atoms with Crippen LogP contribution in [0.15, 0.2) is 49.1 Å². The first-order valence-electron chi connectivity index (χ1n) is 10.8. The zero-order chi connectivity index (χ0) is 24.9. The number of alkyl halides is 3. The molecule has 1 fully saturated rings. The van der Waals surface area contributed by atoms with Gasteiger partial charge in [-0.2, -0.15) is 18.3 Å². The van der Waals surface area contributed by atoms with Crippen LogP contribution in [0.4, 0.5) is 13.2 Å². The smallest absolute Gasteiger partial charge is 0.395 e.